The van der Waals surface area contributed by atoms with Gasteiger partial charge in [0.1, 0.15) is 6.04 Å². The third kappa shape index (κ3) is 8.37. The van der Waals surface area contributed by atoms with Crippen molar-refractivity contribution < 1.29 is 14.7 Å². The minimum atomic E-state index is -0.730. The molecule has 6 nitrogen and oxygen atoms in total. The zero-order valence-corrected chi connectivity index (χ0v) is 16.7. The highest BCUT2D eigenvalue weighted by Gasteiger charge is 2.28. The number of anilines is 1. The molecule has 1 rings (SSSR count). The van der Waals surface area contributed by atoms with Crippen molar-refractivity contribution in [3.8, 4) is 0 Å². The largest absolute Gasteiger partial charge is 0.388 e. The van der Waals surface area contributed by atoms with Crippen LogP contribution in [0.5, 0.6) is 0 Å². The number of hydrogen-bond donors (Lipinski definition) is 4. The maximum atomic E-state index is 12.8. The number of benzene rings is 1. The van der Waals surface area contributed by atoms with Gasteiger partial charge in [0, 0.05) is 12.2 Å². The Morgan fingerprint density at radius 2 is 1.74 bits per heavy atom. The van der Waals surface area contributed by atoms with Gasteiger partial charge < -0.3 is 21.1 Å². The SMILES string of the molecule is C=C[C@@H](O)CN[C@@H](C(=O)N[C@@H](CC(C)C)C(=O)Nc1ccccc1)C(C)C. The van der Waals surface area contributed by atoms with E-state index in [0.29, 0.717) is 12.1 Å². The second-order valence-corrected chi connectivity index (χ2v) is 7.48. The van der Waals surface area contributed by atoms with Crippen LogP contribution < -0.4 is 16.0 Å². The van der Waals surface area contributed by atoms with Crippen LogP contribution in [-0.4, -0.2) is 41.7 Å². The fourth-order valence-electron chi connectivity index (χ4n) is 2.68. The van der Waals surface area contributed by atoms with Crippen LogP contribution in [0, 0.1) is 11.8 Å². The maximum absolute atomic E-state index is 12.8. The Balaban J connectivity index is 2.81. The Labute approximate surface area is 162 Å². The summed E-state index contributed by atoms with van der Waals surface area (Å²) in [6.45, 7) is 11.6. The van der Waals surface area contributed by atoms with E-state index in [1.165, 1.54) is 6.08 Å². The molecular weight excluding hydrogens is 342 g/mol. The lowest BCUT2D eigenvalue weighted by atomic mass is 9.99. The first-order chi connectivity index (χ1) is 12.7. The Morgan fingerprint density at radius 3 is 2.26 bits per heavy atom. The number of rotatable bonds is 11. The summed E-state index contributed by atoms with van der Waals surface area (Å²) < 4.78 is 0. The van der Waals surface area contributed by atoms with Crippen LogP contribution in [0.3, 0.4) is 0 Å². The van der Waals surface area contributed by atoms with Crippen molar-refractivity contribution in [3.05, 3.63) is 43.0 Å². The van der Waals surface area contributed by atoms with Crippen molar-refractivity contribution in [2.75, 3.05) is 11.9 Å². The molecule has 0 saturated heterocycles. The lowest BCUT2D eigenvalue weighted by molar-refractivity contribution is -0.129. The van der Waals surface area contributed by atoms with E-state index in [1.807, 2.05) is 45.9 Å². The summed E-state index contributed by atoms with van der Waals surface area (Å²) in [5.41, 5.74) is 0.693. The number of aliphatic hydroxyl groups is 1. The summed E-state index contributed by atoms with van der Waals surface area (Å²) in [5.74, 6) is -0.254. The molecule has 0 aliphatic rings. The van der Waals surface area contributed by atoms with Crippen LogP contribution in [0.4, 0.5) is 5.69 Å². The summed E-state index contributed by atoms with van der Waals surface area (Å²) in [6.07, 6.45) is 1.22. The Bertz CT molecular complexity index is 602. The number of amides is 2. The quantitative estimate of drug-likeness (QED) is 0.447. The van der Waals surface area contributed by atoms with Gasteiger partial charge in [-0.3, -0.25) is 9.59 Å². The maximum Gasteiger partial charge on any atom is 0.246 e. The molecule has 6 heteroatoms. The van der Waals surface area contributed by atoms with E-state index in [1.54, 1.807) is 12.1 Å². The van der Waals surface area contributed by atoms with E-state index in [-0.39, 0.29) is 30.2 Å². The fraction of sp³-hybridized carbons (Fsp3) is 0.524. The number of aliphatic hydroxyl groups excluding tert-OH is 1. The zero-order valence-electron chi connectivity index (χ0n) is 16.7. The molecule has 0 aliphatic carbocycles. The molecule has 0 saturated carbocycles. The van der Waals surface area contributed by atoms with E-state index < -0.39 is 18.2 Å². The Kier molecular flexibility index (Phi) is 9.75. The van der Waals surface area contributed by atoms with Crippen LogP contribution in [0.15, 0.2) is 43.0 Å². The van der Waals surface area contributed by atoms with Gasteiger partial charge in [-0.15, -0.1) is 6.58 Å². The average molecular weight is 376 g/mol. The van der Waals surface area contributed by atoms with Crippen molar-refractivity contribution in [1.29, 1.82) is 0 Å². The van der Waals surface area contributed by atoms with Gasteiger partial charge in [-0.25, -0.2) is 0 Å². The van der Waals surface area contributed by atoms with Crippen molar-refractivity contribution in [3.63, 3.8) is 0 Å². The van der Waals surface area contributed by atoms with E-state index in [2.05, 4.69) is 22.5 Å². The predicted molar refractivity (Wildman–Crippen MR) is 109 cm³/mol. The Hall–Kier alpha value is -2.18. The first-order valence-electron chi connectivity index (χ1n) is 9.44. The predicted octanol–water partition coefficient (Wildman–Crippen LogP) is 2.32. The summed E-state index contributed by atoms with van der Waals surface area (Å²) in [7, 11) is 0. The molecule has 1 aromatic carbocycles. The number of hydrogen-bond acceptors (Lipinski definition) is 4. The van der Waals surface area contributed by atoms with Gasteiger partial charge >= 0.3 is 0 Å². The molecule has 0 aromatic heterocycles. The third-order valence-corrected chi connectivity index (χ3v) is 4.15. The molecule has 0 fully saturated rings. The van der Waals surface area contributed by atoms with E-state index in [9.17, 15) is 14.7 Å². The van der Waals surface area contributed by atoms with Crippen LogP contribution >= 0.6 is 0 Å². The van der Waals surface area contributed by atoms with Gasteiger partial charge in [-0.1, -0.05) is 52.0 Å². The second kappa shape index (κ2) is 11.5. The Morgan fingerprint density at radius 1 is 1.11 bits per heavy atom. The average Bonchev–Trinajstić information content (AvgIpc) is 2.61. The fourth-order valence-corrected chi connectivity index (χ4v) is 2.68. The molecule has 2 amide bonds. The van der Waals surface area contributed by atoms with Crippen LogP contribution in [-0.2, 0) is 9.59 Å². The van der Waals surface area contributed by atoms with Crippen molar-refractivity contribution in [1.82, 2.24) is 10.6 Å². The van der Waals surface area contributed by atoms with Crippen molar-refractivity contribution >= 4 is 17.5 Å². The molecule has 0 heterocycles. The number of nitrogens with one attached hydrogen (secondary N) is 3. The highest BCUT2D eigenvalue weighted by Crippen LogP contribution is 2.11. The molecule has 4 N–H and O–H groups in total. The molecule has 0 bridgehead atoms. The lowest BCUT2D eigenvalue weighted by Gasteiger charge is -2.26. The third-order valence-electron chi connectivity index (χ3n) is 4.15. The van der Waals surface area contributed by atoms with Crippen LogP contribution in [0.2, 0.25) is 0 Å². The molecule has 0 radical (unpaired) electrons. The molecule has 27 heavy (non-hydrogen) atoms. The first-order valence-corrected chi connectivity index (χ1v) is 9.44. The van der Waals surface area contributed by atoms with Crippen molar-refractivity contribution in [2.45, 2.75) is 52.3 Å². The van der Waals surface area contributed by atoms with E-state index >= 15 is 0 Å². The summed E-state index contributed by atoms with van der Waals surface area (Å²) in [4.78, 5) is 25.5. The molecular formula is C21H33N3O3. The van der Waals surface area contributed by atoms with E-state index in [4.69, 9.17) is 0 Å². The van der Waals surface area contributed by atoms with Crippen molar-refractivity contribution in [2.24, 2.45) is 11.8 Å². The molecule has 150 valence electrons. The minimum absolute atomic E-state index is 0.00102. The minimum Gasteiger partial charge on any atom is -0.388 e. The van der Waals surface area contributed by atoms with Gasteiger partial charge in [0.05, 0.1) is 12.1 Å². The number of para-hydroxylation sites is 1. The number of carbonyl (C=O) groups excluding carboxylic acids is 2. The smallest absolute Gasteiger partial charge is 0.246 e. The van der Waals surface area contributed by atoms with Crippen LogP contribution in [0.25, 0.3) is 0 Å². The molecule has 1 aromatic rings. The second-order valence-electron chi connectivity index (χ2n) is 7.48. The highest BCUT2D eigenvalue weighted by atomic mass is 16.3. The molecule has 0 spiro atoms. The van der Waals surface area contributed by atoms with Gasteiger partial charge in [-0.2, -0.15) is 0 Å². The standard InChI is InChI=1S/C21H33N3O3/c1-6-17(25)13-22-19(15(4)5)21(27)24-18(12-14(2)3)20(26)23-16-10-8-7-9-11-16/h6-11,14-15,17-19,22,25H,1,12-13H2,2-5H3,(H,23,26)(H,24,27)/t17-,18+,19-/m1/s1. The van der Waals surface area contributed by atoms with Gasteiger partial charge in [0.25, 0.3) is 0 Å². The number of carbonyl (C=O) groups is 2. The molecule has 3 atom stereocenters. The molecule has 0 unspecified atom stereocenters. The highest BCUT2D eigenvalue weighted by molar-refractivity contribution is 5.97. The molecule has 0 aliphatic heterocycles. The van der Waals surface area contributed by atoms with Gasteiger partial charge in [0.15, 0.2) is 0 Å². The summed E-state index contributed by atoms with van der Waals surface area (Å²) >= 11 is 0. The normalized spacial score (nSPS) is 14.5. The first kappa shape index (κ1) is 22.9. The summed E-state index contributed by atoms with van der Waals surface area (Å²) in [5, 5.41) is 18.4. The van der Waals surface area contributed by atoms with Crippen LogP contribution in [0.1, 0.15) is 34.1 Å². The monoisotopic (exact) mass is 375 g/mol. The topological polar surface area (TPSA) is 90.5 Å². The zero-order chi connectivity index (χ0) is 20.4. The van der Waals surface area contributed by atoms with Gasteiger partial charge in [0.2, 0.25) is 11.8 Å². The lowest BCUT2D eigenvalue weighted by Crippen LogP contribution is -2.54. The van der Waals surface area contributed by atoms with Gasteiger partial charge in [-0.05, 0) is 30.4 Å². The summed E-state index contributed by atoms with van der Waals surface area (Å²) in [6, 6.07) is 8.02. The van der Waals surface area contributed by atoms with E-state index in [0.717, 1.165) is 0 Å².